The van der Waals surface area contributed by atoms with Gasteiger partial charge < -0.3 is 14.7 Å². The molecule has 0 aromatic heterocycles. The van der Waals surface area contributed by atoms with Crippen molar-refractivity contribution in [3.8, 4) is 0 Å². The van der Waals surface area contributed by atoms with Crippen LogP contribution in [0.4, 0.5) is 0 Å². The summed E-state index contributed by atoms with van der Waals surface area (Å²) in [6.45, 7) is 7.37. The number of likely N-dealkylation sites (N-methyl/N-ethyl adjacent to an activating group) is 1. The molecule has 0 atom stereocenters. The van der Waals surface area contributed by atoms with E-state index in [2.05, 4.69) is 15.9 Å². The summed E-state index contributed by atoms with van der Waals surface area (Å²) >= 11 is 5.49. The molecule has 1 saturated heterocycles. The highest BCUT2D eigenvalue weighted by molar-refractivity contribution is 7.80. The van der Waals surface area contributed by atoms with Crippen molar-refractivity contribution in [1.29, 1.82) is 0 Å². The minimum atomic E-state index is 0.0461. The number of hydrogen-bond acceptors (Lipinski definition) is 5. The molecule has 1 N–H and O–H groups in total. The molecule has 0 bridgehead atoms. The van der Waals surface area contributed by atoms with E-state index in [0.29, 0.717) is 6.54 Å². The van der Waals surface area contributed by atoms with E-state index in [1.807, 2.05) is 11.9 Å². The standard InChI is InChI=1S/C14H25N3O2S/c1-15(12-18)11-14(20)17-4-2-3-13(10-17)9-16-5-7-19-8-6-16/h3,18H,2,4-12H2,1H3. The summed E-state index contributed by atoms with van der Waals surface area (Å²) < 4.78 is 5.38. The van der Waals surface area contributed by atoms with Crippen molar-refractivity contribution < 1.29 is 9.84 Å². The van der Waals surface area contributed by atoms with E-state index in [0.717, 1.165) is 57.3 Å². The van der Waals surface area contributed by atoms with Gasteiger partial charge in [-0.1, -0.05) is 18.3 Å². The second kappa shape index (κ2) is 8.05. The molecule has 0 aromatic carbocycles. The van der Waals surface area contributed by atoms with Crippen molar-refractivity contribution in [2.45, 2.75) is 6.42 Å². The number of ether oxygens (including phenoxy) is 1. The molecule has 20 heavy (non-hydrogen) atoms. The molecule has 6 heteroatoms. The lowest BCUT2D eigenvalue weighted by Crippen LogP contribution is -2.44. The van der Waals surface area contributed by atoms with Crippen molar-refractivity contribution in [3.63, 3.8) is 0 Å². The fraction of sp³-hybridized carbons (Fsp3) is 0.786. The Bertz CT molecular complexity index is 356. The van der Waals surface area contributed by atoms with Crippen LogP contribution in [0.25, 0.3) is 0 Å². The molecule has 2 rings (SSSR count). The molecule has 2 aliphatic rings. The van der Waals surface area contributed by atoms with Gasteiger partial charge in [0, 0.05) is 32.7 Å². The number of thiocarbonyl (C=S) groups is 1. The van der Waals surface area contributed by atoms with Gasteiger partial charge in [-0.25, -0.2) is 0 Å². The summed E-state index contributed by atoms with van der Waals surface area (Å²) in [4.78, 5) is 7.45. The van der Waals surface area contributed by atoms with E-state index in [1.165, 1.54) is 5.57 Å². The number of rotatable bonds is 5. The Morgan fingerprint density at radius 1 is 1.40 bits per heavy atom. The molecular formula is C14H25N3O2S. The molecule has 0 spiro atoms. The van der Waals surface area contributed by atoms with Crippen LogP contribution in [0, 0.1) is 0 Å². The Hall–Kier alpha value is -0.530. The van der Waals surface area contributed by atoms with Crippen LogP contribution in [0.3, 0.4) is 0 Å². The maximum Gasteiger partial charge on any atom is 0.0957 e. The molecule has 0 amide bonds. The van der Waals surface area contributed by atoms with Crippen LogP contribution in [0.1, 0.15) is 6.42 Å². The molecule has 0 aliphatic carbocycles. The van der Waals surface area contributed by atoms with Crippen molar-refractivity contribution in [2.75, 3.05) is 66.3 Å². The maximum absolute atomic E-state index is 9.07. The van der Waals surface area contributed by atoms with Crippen molar-refractivity contribution in [1.82, 2.24) is 14.7 Å². The quantitative estimate of drug-likeness (QED) is 0.443. The van der Waals surface area contributed by atoms with E-state index >= 15 is 0 Å². The summed E-state index contributed by atoms with van der Waals surface area (Å²) in [5.41, 5.74) is 1.45. The largest absolute Gasteiger partial charge is 0.381 e. The van der Waals surface area contributed by atoms with Crippen LogP contribution in [0.15, 0.2) is 11.6 Å². The van der Waals surface area contributed by atoms with Gasteiger partial charge >= 0.3 is 0 Å². The second-order valence-corrected chi connectivity index (χ2v) is 5.98. The second-order valence-electron chi connectivity index (χ2n) is 5.51. The smallest absolute Gasteiger partial charge is 0.0957 e. The van der Waals surface area contributed by atoms with Gasteiger partial charge in [-0.2, -0.15) is 0 Å². The van der Waals surface area contributed by atoms with Gasteiger partial charge in [0.1, 0.15) is 0 Å². The SMILES string of the molecule is CN(CO)CC(=S)N1CCC=C(CN2CCOCC2)C1. The summed E-state index contributed by atoms with van der Waals surface area (Å²) in [5, 5.41) is 9.07. The first-order chi connectivity index (χ1) is 9.69. The fourth-order valence-electron chi connectivity index (χ4n) is 2.57. The number of nitrogens with zero attached hydrogens (tertiary/aromatic N) is 3. The molecule has 0 radical (unpaired) electrons. The first-order valence-corrected chi connectivity index (χ1v) is 7.65. The van der Waals surface area contributed by atoms with Crippen LogP contribution >= 0.6 is 12.2 Å². The maximum atomic E-state index is 9.07. The zero-order chi connectivity index (χ0) is 14.4. The van der Waals surface area contributed by atoms with E-state index in [-0.39, 0.29) is 6.73 Å². The Morgan fingerprint density at radius 2 is 2.15 bits per heavy atom. The number of morpholine rings is 1. The highest BCUT2D eigenvalue weighted by Crippen LogP contribution is 2.13. The molecule has 114 valence electrons. The van der Waals surface area contributed by atoms with Crippen LogP contribution in [-0.2, 0) is 4.74 Å². The summed E-state index contributed by atoms with van der Waals surface area (Å²) in [6.07, 6.45) is 3.41. The summed E-state index contributed by atoms with van der Waals surface area (Å²) in [5.74, 6) is 0. The Balaban J connectivity index is 1.81. The van der Waals surface area contributed by atoms with Crippen molar-refractivity contribution in [3.05, 3.63) is 11.6 Å². The monoisotopic (exact) mass is 299 g/mol. The van der Waals surface area contributed by atoms with Gasteiger partial charge in [-0.15, -0.1) is 0 Å². The summed E-state index contributed by atoms with van der Waals surface area (Å²) in [7, 11) is 1.88. The van der Waals surface area contributed by atoms with Gasteiger partial charge in [0.2, 0.25) is 0 Å². The number of aliphatic hydroxyl groups is 1. The van der Waals surface area contributed by atoms with Crippen molar-refractivity contribution in [2.24, 2.45) is 0 Å². The van der Waals surface area contributed by atoms with Gasteiger partial charge in [-0.3, -0.25) is 9.80 Å². The zero-order valence-corrected chi connectivity index (χ0v) is 13.1. The topological polar surface area (TPSA) is 39.2 Å². The minimum absolute atomic E-state index is 0.0461. The molecule has 2 aliphatic heterocycles. The normalized spacial score (nSPS) is 21.1. The third-order valence-electron chi connectivity index (χ3n) is 3.76. The highest BCUT2D eigenvalue weighted by atomic mass is 32.1. The third-order valence-corrected chi connectivity index (χ3v) is 4.14. The number of hydrogen-bond donors (Lipinski definition) is 1. The molecule has 2 heterocycles. The highest BCUT2D eigenvalue weighted by Gasteiger charge is 2.19. The van der Waals surface area contributed by atoms with Gasteiger partial charge in [0.15, 0.2) is 0 Å². The lowest BCUT2D eigenvalue weighted by Gasteiger charge is -2.34. The Labute approximate surface area is 126 Å². The van der Waals surface area contributed by atoms with Crippen molar-refractivity contribution >= 4 is 17.2 Å². The average Bonchev–Trinajstić information content (AvgIpc) is 2.48. The molecular weight excluding hydrogens is 274 g/mol. The van der Waals surface area contributed by atoms with E-state index in [9.17, 15) is 0 Å². The first kappa shape index (κ1) is 15.9. The summed E-state index contributed by atoms with van der Waals surface area (Å²) in [6, 6.07) is 0. The van der Waals surface area contributed by atoms with Gasteiger partial charge in [0.25, 0.3) is 0 Å². The van der Waals surface area contributed by atoms with Gasteiger partial charge in [-0.05, 0) is 19.0 Å². The van der Waals surface area contributed by atoms with Crippen LogP contribution < -0.4 is 0 Å². The molecule has 5 nitrogen and oxygen atoms in total. The third kappa shape index (κ3) is 4.79. The Morgan fingerprint density at radius 3 is 2.85 bits per heavy atom. The molecule has 0 aromatic rings. The average molecular weight is 299 g/mol. The Kier molecular flexibility index (Phi) is 6.38. The van der Waals surface area contributed by atoms with Gasteiger partial charge in [0.05, 0.1) is 31.5 Å². The minimum Gasteiger partial charge on any atom is -0.381 e. The molecule has 0 saturated carbocycles. The molecule has 0 unspecified atom stereocenters. The first-order valence-electron chi connectivity index (χ1n) is 7.24. The lowest BCUT2D eigenvalue weighted by atomic mass is 10.1. The van der Waals surface area contributed by atoms with Crippen LogP contribution in [0.5, 0.6) is 0 Å². The predicted molar refractivity (Wildman–Crippen MR) is 83.8 cm³/mol. The number of aliphatic hydroxyl groups excluding tert-OH is 1. The molecule has 1 fully saturated rings. The lowest BCUT2D eigenvalue weighted by molar-refractivity contribution is 0.0416. The van der Waals surface area contributed by atoms with E-state index < -0.39 is 0 Å². The van der Waals surface area contributed by atoms with Crippen LogP contribution in [0.2, 0.25) is 0 Å². The predicted octanol–water partition coefficient (Wildman–Crippen LogP) is 0.160. The van der Waals surface area contributed by atoms with Crippen LogP contribution in [-0.4, -0.2) is 91.1 Å². The zero-order valence-electron chi connectivity index (χ0n) is 12.3. The fourth-order valence-corrected chi connectivity index (χ4v) is 2.94. The van der Waals surface area contributed by atoms with E-state index in [4.69, 9.17) is 22.1 Å². The van der Waals surface area contributed by atoms with E-state index in [1.54, 1.807) is 0 Å².